The van der Waals surface area contributed by atoms with E-state index in [0.717, 1.165) is 5.56 Å². The van der Waals surface area contributed by atoms with Gasteiger partial charge in [0.15, 0.2) is 5.82 Å². The molecular weight excluding hydrogens is 464 g/mol. The molecule has 0 saturated carbocycles. The molecule has 0 aliphatic heterocycles. The van der Waals surface area contributed by atoms with Gasteiger partial charge in [0.05, 0.1) is 14.2 Å². The van der Waals surface area contributed by atoms with Crippen LogP contribution in [0.3, 0.4) is 0 Å². The van der Waals surface area contributed by atoms with Crippen LogP contribution in [0.5, 0.6) is 11.5 Å². The van der Waals surface area contributed by atoms with E-state index in [-0.39, 0.29) is 18.1 Å². The number of anilines is 1. The van der Waals surface area contributed by atoms with Gasteiger partial charge in [-0.1, -0.05) is 0 Å². The highest BCUT2D eigenvalue weighted by Crippen LogP contribution is 2.28. The molecule has 0 radical (unpaired) electrons. The molecule has 2 aromatic heterocycles. The fraction of sp³-hybridized carbons (Fsp3) is 0.238. The molecule has 0 aliphatic carbocycles. The predicted octanol–water partition coefficient (Wildman–Crippen LogP) is 3.23. The van der Waals surface area contributed by atoms with Gasteiger partial charge < -0.3 is 30.1 Å². The maximum absolute atomic E-state index is 12.9. The zero-order valence-electron chi connectivity index (χ0n) is 17.6. The lowest BCUT2D eigenvalue weighted by Crippen LogP contribution is -2.25. The lowest BCUT2D eigenvalue weighted by Gasteiger charge is -2.14. The average Bonchev–Trinajstić information content (AvgIpc) is 3.13. The van der Waals surface area contributed by atoms with Crippen LogP contribution in [0.25, 0.3) is 11.5 Å². The number of carbonyl (C=O) groups is 1. The number of hydrogen-bond acceptors (Lipinski definition) is 7. The van der Waals surface area contributed by atoms with Crippen LogP contribution < -0.4 is 20.1 Å². The lowest BCUT2D eigenvalue weighted by molar-refractivity contribution is 0.0946. The molecule has 162 valence electrons. The topological polar surface area (TPSA) is 114 Å². The van der Waals surface area contributed by atoms with Gasteiger partial charge >= 0.3 is 0 Å². The molecule has 3 aromatic rings. The highest BCUT2D eigenvalue weighted by Gasteiger charge is 2.20. The number of rotatable bonds is 8. The van der Waals surface area contributed by atoms with E-state index in [1.165, 1.54) is 6.21 Å². The molecule has 0 atom stereocenters. The van der Waals surface area contributed by atoms with Gasteiger partial charge in [-0.05, 0) is 34.1 Å². The Kier molecular flexibility index (Phi) is 6.91. The minimum atomic E-state index is -0.361. The normalized spacial score (nSPS) is 10.5. The molecule has 1 amide bonds. The standard InChI is InChI=1S/C21H23BrN6O3/c1-24-15-8-16(26-19(14(15)9-23)20-27-18(22)11-28(20)2)21(29)25-10-12-5-6-13(30-3)7-17(12)31-4/h5-9,11,23H,10H2,1-4H3,(H,24,26)(H,25,29). The van der Waals surface area contributed by atoms with Gasteiger partial charge in [0.2, 0.25) is 0 Å². The first-order valence-corrected chi connectivity index (χ1v) is 10.1. The Bertz CT molecular complexity index is 1130. The van der Waals surface area contributed by atoms with E-state index in [9.17, 15) is 4.79 Å². The number of carbonyl (C=O) groups excluding carboxylic acids is 1. The predicted molar refractivity (Wildman–Crippen MR) is 122 cm³/mol. The molecular formula is C21H23BrN6O3. The van der Waals surface area contributed by atoms with Crippen LogP contribution in [0, 0.1) is 5.41 Å². The smallest absolute Gasteiger partial charge is 0.270 e. The van der Waals surface area contributed by atoms with E-state index in [0.29, 0.717) is 38.9 Å². The fourth-order valence-corrected chi connectivity index (χ4v) is 3.58. The molecule has 3 N–H and O–H groups in total. The molecule has 31 heavy (non-hydrogen) atoms. The largest absolute Gasteiger partial charge is 0.497 e. The van der Waals surface area contributed by atoms with Gasteiger partial charge in [0.25, 0.3) is 5.91 Å². The second kappa shape index (κ2) is 9.61. The molecule has 2 heterocycles. The number of aromatic nitrogens is 3. The molecule has 10 heteroatoms. The Labute approximate surface area is 188 Å². The molecule has 0 spiro atoms. The Morgan fingerprint density at radius 1 is 1.26 bits per heavy atom. The summed E-state index contributed by atoms with van der Waals surface area (Å²) in [6.45, 7) is 0.248. The summed E-state index contributed by atoms with van der Waals surface area (Å²) in [5, 5.41) is 13.7. The van der Waals surface area contributed by atoms with Crippen molar-refractivity contribution < 1.29 is 14.3 Å². The third kappa shape index (κ3) is 4.69. The van der Waals surface area contributed by atoms with Crippen molar-refractivity contribution in [2.75, 3.05) is 26.6 Å². The molecule has 0 fully saturated rings. The number of amides is 1. The van der Waals surface area contributed by atoms with Crippen molar-refractivity contribution in [3.8, 4) is 23.0 Å². The Morgan fingerprint density at radius 2 is 2.03 bits per heavy atom. The zero-order valence-corrected chi connectivity index (χ0v) is 19.2. The summed E-state index contributed by atoms with van der Waals surface area (Å²) in [4.78, 5) is 21.9. The zero-order chi connectivity index (χ0) is 22.5. The van der Waals surface area contributed by atoms with E-state index >= 15 is 0 Å². The first-order chi connectivity index (χ1) is 14.9. The van der Waals surface area contributed by atoms with Gasteiger partial charge in [0, 0.05) is 55.9 Å². The lowest BCUT2D eigenvalue weighted by atomic mass is 10.1. The van der Waals surface area contributed by atoms with Crippen LogP contribution in [0.1, 0.15) is 21.6 Å². The molecule has 0 unspecified atom stereocenters. The monoisotopic (exact) mass is 486 g/mol. The Hall–Kier alpha value is -3.40. The van der Waals surface area contributed by atoms with Crippen molar-refractivity contribution in [1.82, 2.24) is 19.9 Å². The highest BCUT2D eigenvalue weighted by molar-refractivity contribution is 9.10. The molecule has 0 saturated heterocycles. The Morgan fingerprint density at radius 3 is 2.61 bits per heavy atom. The fourth-order valence-electron chi connectivity index (χ4n) is 3.11. The number of nitrogens with zero attached hydrogens (tertiary/aromatic N) is 3. The van der Waals surface area contributed by atoms with Gasteiger partial charge in [0.1, 0.15) is 27.5 Å². The molecule has 3 rings (SSSR count). The van der Waals surface area contributed by atoms with Crippen molar-refractivity contribution in [3.05, 3.63) is 51.9 Å². The number of nitrogens with one attached hydrogen (secondary N) is 3. The van der Waals surface area contributed by atoms with Crippen molar-refractivity contribution in [2.45, 2.75) is 6.54 Å². The van der Waals surface area contributed by atoms with E-state index in [4.69, 9.17) is 14.9 Å². The summed E-state index contributed by atoms with van der Waals surface area (Å²) in [7, 11) is 6.69. The number of imidazole rings is 1. The number of aryl methyl sites for hydroxylation is 1. The SMILES string of the molecule is CNc1cc(C(=O)NCc2ccc(OC)cc2OC)nc(-c2nc(Br)cn2C)c1C=N. The van der Waals surface area contributed by atoms with Crippen molar-refractivity contribution >= 4 is 33.7 Å². The van der Waals surface area contributed by atoms with Gasteiger partial charge in [-0.2, -0.15) is 0 Å². The van der Waals surface area contributed by atoms with Gasteiger partial charge in [-0.15, -0.1) is 0 Å². The molecule has 1 aromatic carbocycles. The second-order valence-electron chi connectivity index (χ2n) is 6.57. The summed E-state index contributed by atoms with van der Waals surface area (Å²) >= 11 is 3.35. The third-order valence-corrected chi connectivity index (χ3v) is 5.08. The van der Waals surface area contributed by atoms with Crippen LogP contribution >= 0.6 is 15.9 Å². The van der Waals surface area contributed by atoms with Gasteiger partial charge in [-0.3, -0.25) is 4.79 Å². The number of halogens is 1. The molecule has 0 aliphatic rings. The quantitative estimate of drug-likeness (QED) is 0.421. The third-order valence-electron chi connectivity index (χ3n) is 4.70. The summed E-state index contributed by atoms with van der Waals surface area (Å²) in [6, 6.07) is 7.01. The number of ether oxygens (including phenoxy) is 2. The van der Waals surface area contributed by atoms with Crippen molar-refractivity contribution in [2.24, 2.45) is 7.05 Å². The first-order valence-electron chi connectivity index (χ1n) is 9.33. The van der Waals surface area contributed by atoms with Crippen LogP contribution in [-0.2, 0) is 13.6 Å². The summed E-state index contributed by atoms with van der Waals surface area (Å²) in [6.07, 6.45) is 2.98. The van der Waals surface area contributed by atoms with E-state index in [1.54, 1.807) is 50.2 Å². The van der Waals surface area contributed by atoms with E-state index in [1.807, 2.05) is 13.1 Å². The Balaban J connectivity index is 1.94. The second-order valence-corrected chi connectivity index (χ2v) is 7.38. The summed E-state index contributed by atoms with van der Waals surface area (Å²) in [5.74, 6) is 1.45. The maximum Gasteiger partial charge on any atom is 0.270 e. The van der Waals surface area contributed by atoms with Crippen LogP contribution in [0.4, 0.5) is 5.69 Å². The maximum atomic E-state index is 12.9. The number of methoxy groups -OCH3 is 2. The number of benzene rings is 1. The minimum Gasteiger partial charge on any atom is -0.497 e. The molecule has 9 nitrogen and oxygen atoms in total. The first kappa shape index (κ1) is 22.3. The van der Waals surface area contributed by atoms with E-state index < -0.39 is 0 Å². The van der Waals surface area contributed by atoms with Crippen LogP contribution in [0.2, 0.25) is 0 Å². The van der Waals surface area contributed by atoms with E-state index in [2.05, 4.69) is 36.5 Å². The van der Waals surface area contributed by atoms with Crippen LogP contribution in [-0.4, -0.2) is 47.9 Å². The average molecular weight is 487 g/mol. The van der Waals surface area contributed by atoms with Gasteiger partial charge in [-0.25, -0.2) is 9.97 Å². The molecule has 0 bridgehead atoms. The van der Waals surface area contributed by atoms with Crippen molar-refractivity contribution in [1.29, 1.82) is 5.41 Å². The number of hydrogen-bond donors (Lipinski definition) is 3. The summed E-state index contributed by atoms with van der Waals surface area (Å²) in [5.41, 5.74) is 2.58. The number of pyridine rings is 1. The van der Waals surface area contributed by atoms with Crippen LogP contribution in [0.15, 0.2) is 35.1 Å². The minimum absolute atomic E-state index is 0.205. The van der Waals surface area contributed by atoms with Crippen molar-refractivity contribution in [3.63, 3.8) is 0 Å². The summed E-state index contributed by atoms with van der Waals surface area (Å²) < 4.78 is 13.0. The highest BCUT2D eigenvalue weighted by atomic mass is 79.9.